The lowest BCUT2D eigenvalue weighted by Crippen LogP contribution is -2.33. The third kappa shape index (κ3) is 4.01. The number of hydrazine groups is 1. The van der Waals surface area contributed by atoms with Gasteiger partial charge in [-0.15, -0.1) is 0 Å². The van der Waals surface area contributed by atoms with Crippen molar-refractivity contribution < 1.29 is 4.74 Å². The summed E-state index contributed by atoms with van der Waals surface area (Å²) in [5.74, 6) is 0.806. The summed E-state index contributed by atoms with van der Waals surface area (Å²) in [6.45, 7) is 0. The Morgan fingerprint density at radius 1 is 1.22 bits per heavy atom. The van der Waals surface area contributed by atoms with Crippen molar-refractivity contribution in [1.82, 2.24) is 10.4 Å². The molecular formula is C15H13ClN4OS2. The first kappa shape index (κ1) is 15.8. The Balaban J connectivity index is 1.61. The average Bonchev–Trinajstić information content (AvgIpc) is 2.97. The van der Waals surface area contributed by atoms with Crippen LogP contribution in [0.25, 0.3) is 10.2 Å². The van der Waals surface area contributed by atoms with E-state index in [4.69, 9.17) is 28.6 Å². The number of halogens is 1. The van der Waals surface area contributed by atoms with Crippen LogP contribution in [-0.2, 0) is 0 Å². The van der Waals surface area contributed by atoms with E-state index in [2.05, 4.69) is 21.2 Å². The van der Waals surface area contributed by atoms with Gasteiger partial charge in [-0.05, 0) is 54.7 Å². The summed E-state index contributed by atoms with van der Waals surface area (Å²) in [4.78, 5) is 4.46. The van der Waals surface area contributed by atoms with Crippen LogP contribution < -0.4 is 20.9 Å². The number of ether oxygens (including phenoxy) is 1. The highest BCUT2D eigenvalue weighted by Crippen LogP contribution is 2.28. The zero-order valence-electron chi connectivity index (χ0n) is 12.1. The van der Waals surface area contributed by atoms with Crippen molar-refractivity contribution in [2.75, 3.05) is 17.9 Å². The zero-order valence-corrected chi connectivity index (χ0v) is 14.5. The SMILES string of the molecule is COc1ccc2nc(NNC(=S)Nc3ccc(Cl)cc3)sc2c1. The van der Waals surface area contributed by atoms with Crippen molar-refractivity contribution in [3.63, 3.8) is 0 Å². The standard InChI is InChI=1S/C15H13ClN4OS2/c1-21-11-6-7-12-13(8-11)23-15(18-12)20-19-14(22)17-10-4-2-9(16)3-5-10/h2-8H,1H3,(H,18,20)(H2,17,19,22). The van der Waals surface area contributed by atoms with Crippen molar-refractivity contribution in [3.05, 3.63) is 47.5 Å². The normalized spacial score (nSPS) is 10.3. The van der Waals surface area contributed by atoms with Crippen molar-refractivity contribution in [3.8, 4) is 5.75 Å². The maximum atomic E-state index is 5.85. The van der Waals surface area contributed by atoms with Gasteiger partial charge in [-0.2, -0.15) is 0 Å². The van der Waals surface area contributed by atoms with E-state index in [0.717, 1.165) is 21.7 Å². The first-order valence-corrected chi connectivity index (χ1v) is 8.27. The fourth-order valence-electron chi connectivity index (χ4n) is 1.89. The third-order valence-electron chi connectivity index (χ3n) is 2.98. The number of nitrogens with zero attached hydrogens (tertiary/aromatic N) is 1. The van der Waals surface area contributed by atoms with Crippen LogP contribution in [0, 0.1) is 0 Å². The average molecular weight is 365 g/mol. The summed E-state index contributed by atoms with van der Waals surface area (Å²) in [6, 6.07) is 13.0. The lowest BCUT2D eigenvalue weighted by molar-refractivity contribution is 0.415. The number of fused-ring (bicyclic) bond motifs is 1. The Bertz CT molecular complexity index is 835. The van der Waals surface area contributed by atoms with Crippen LogP contribution in [0.5, 0.6) is 5.75 Å². The summed E-state index contributed by atoms with van der Waals surface area (Å²) in [7, 11) is 1.64. The summed E-state index contributed by atoms with van der Waals surface area (Å²) in [5, 5.41) is 4.88. The molecule has 0 radical (unpaired) electrons. The second kappa shape index (κ2) is 6.99. The molecule has 0 saturated heterocycles. The van der Waals surface area contributed by atoms with Gasteiger partial charge in [-0.1, -0.05) is 22.9 Å². The molecule has 23 heavy (non-hydrogen) atoms. The Hall–Kier alpha value is -2.09. The van der Waals surface area contributed by atoms with Crippen LogP contribution in [0.4, 0.5) is 10.8 Å². The third-order valence-corrected chi connectivity index (χ3v) is 4.37. The number of hydrogen-bond acceptors (Lipinski definition) is 5. The van der Waals surface area contributed by atoms with E-state index >= 15 is 0 Å². The Morgan fingerprint density at radius 2 is 2.00 bits per heavy atom. The van der Waals surface area contributed by atoms with E-state index in [-0.39, 0.29) is 0 Å². The van der Waals surface area contributed by atoms with Crippen molar-refractivity contribution in [2.24, 2.45) is 0 Å². The van der Waals surface area contributed by atoms with Crippen LogP contribution in [0.1, 0.15) is 0 Å². The molecule has 0 saturated carbocycles. The van der Waals surface area contributed by atoms with Gasteiger partial charge in [-0.25, -0.2) is 4.98 Å². The van der Waals surface area contributed by atoms with Crippen molar-refractivity contribution in [2.45, 2.75) is 0 Å². The maximum absolute atomic E-state index is 5.85. The van der Waals surface area contributed by atoms with Gasteiger partial charge in [0.1, 0.15) is 5.75 Å². The van der Waals surface area contributed by atoms with Gasteiger partial charge >= 0.3 is 0 Å². The summed E-state index contributed by atoms with van der Waals surface area (Å²) in [5.41, 5.74) is 7.64. The topological polar surface area (TPSA) is 58.2 Å². The molecule has 0 atom stereocenters. The van der Waals surface area contributed by atoms with E-state index in [0.29, 0.717) is 15.3 Å². The molecule has 0 unspecified atom stereocenters. The highest BCUT2D eigenvalue weighted by Gasteiger charge is 2.05. The van der Waals surface area contributed by atoms with Crippen molar-refractivity contribution >= 4 is 61.3 Å². The number of nitrogens with one attached hydrogen (secondary N) is 3. The molecule has 0 amide bonds. The first-order valence-electron chi connectivity index (χ1n) is 6.67. The molecule has 0 aliphatic rings. The molecule has 1 heterocycles. The number of aromatic nitrogens is 1. The molecule has 2 aromatic carbocycles. The number of hydrogen-bond donors (Lipinski definition) is 3. The second-order valence-electron chi connectivity index (χ2n) is 4.56. The van der Waals surface area contributed by atoms with Crippen LogP contribution in [-0.4, -0.2) is 17.2 Å². The van der Waals surface area contributed by atoms with Gasteiger partial charge < -0.3 is 10.1 Å². The van der Waals surface area contributed by atoms with Crippen molar-refractivity contribution in [1.29, 1.82) is 0 Å². The summed E-state index contributed by atoms with van der Waals surface area (Å²) >= 11 is 12.6. The second-order valence-corrected chi connectivity index (χ2v) is 6.44. The van der Waals surface area contributed by atoms with Gasteiger partial charge in [0.25, 0.3) is 0 Å². The first-order chi connectivity index (χ1) is 11.1. The van der Waals surface area contributed by atoms with Crippen LogP contribution in [0.3, 0.4) is 0 Å². The molecular weight excluding hydrogens is 352 g/mol. The zero-order chi connectivity index (χ0) is 16.2. The predicted molar refractivity (Wildman–Crippen MR) is 101 cm³/mol. The fraction of sp³-hybridized carbons (Fsp3) is 0.0667. The number of rotatable bonds is 4. The molecule has 0 aliphatic carbocycles. The highest BCUT2D eigenvalue weighted by molar-refractivity contribution is 7.80. The number of methoxy groups -OCH3 is 1. The molecule has 118 valence electrons. The molecule has 5 nitrogen and oxygen atoms in total. The van der Waals surface area contributed by atoms with Crippen LogP contribution in [0.15, 0.2) is 42.5 Å². The lowest BCUT2D eigenvalue weighted by Gasteiger charge is -2.10. The van der Waals surface area contributed by atoms with Gasteiger partial charge in [-0.3, -0.25) is 10.9 Å². The molecule has 0 aliphatic heterocycles. The molecule has 0 fully saturated rings. The molecule has 0 bridgehead atoms. The molecule has 3 N–H and O–H groups in total. The van der Waals surface area contributed by atoms with Crippen LogP contribution in [0.2, 0.25) is 5.02 Å². The van der Waals surface area contributed by atoms with Gasteiger partial charge in [0.15, 0.2) is 5.11 Å². The fourth-order valence-corrected chi connectivity index (χ4v) is 3.03. The Labute approximate surface area is 147 Å². The quantitative estimate of drug-likeness (QED) is 0.474. The smallest absolute Gasteiger partial charge is 0.202 e. The number of anilines is 2. The van der Waals surface area contributed by atoms with E-state index in [9.17, 15) is 0 Å². The van der Waals surface area contributed by atoms with Gasteiger partial charge in [0, 0.05) is 10.7 Å². The minimum atomic E-state index is 0.434. The molecule has 0 spiro atoms. The molecule has 8 heteroatoms. The van der Waals surface area contributed by atoms with E-state index in [1.165, 1.54) is 11.3 Å². The van der Waals surface area contributed by atoms with Gasteiger partial charge in [0.05, 0.1) is 17.3 Å². The summed E-state index contributed by atoms with van der Waals surface area (Å²) in [6.07, 6.45) is 0. The Morgan fingerprint density at radius 3 is 2.74 bits per heavy atom. The maximum Gasteiger partial charge on any atom is 0.202 e. The highest BCUT2D eigenvalue weighted by atomic mass is 35.5. The lowest BCUT2D eigenvalue weighted by atomic mass is 10.3. The Kier molecular flexibility index (Phi) is 4.80. The number of thiocarbonyl (C=S) groups is 1. The number of thiazole rings is 1. The molecule has 1 aromatic heterocycles. The monoisotopic (exact) mass is 364 g/mol. The minimum Gasteiger partial charge on any atom is -0.497 e. The number of benzene rings is 2. The van der Waals surface area contributed by atoms with Crippen LogP contribution >= 0.6 is 35.2 Å². The largest absolute Gasteiger partial charge is 0.497 e. The van der Waals surface area contributed by atoms with Gasteiger partial charge in [0.2, 0.25) is 5.13 Å². The predicted octanol–water partition coefficient (Wildman–Crippen LogP) is 4.27. The molecule has 3 aromatic rings. The van der Waals surface area contributed by atoms with E-state index in [1.807, 2.05) is 30.3 Å². The minimum absolute atomic E-state index is 0.434. The molecule has 3 rings (SSSR count). The van der Waals surface area contributed by atoms with E-state index < -0.39 is 0 Å². The summed E-state index contributed by atoms with van der Waals surface area (Å²) < 4.78 is 6.24. The van der Waals surface area contributed by atoms with E-state index in [1.54, 1.807) is 19.2 Å².